The Morgan fingerprint density at radius 2 is 2.00 bits per heavy atom. The van der Waals surface area contributed by atoms with Crippen LogP contribution in [0.15, 0.2) is 17.0 Å². The number of likely N-dealkylation sites (N-methyl/N-ethyl adjacent to an activating group) is 1. The van der Waals surface area contributed by atoms with Crippen LogP contribution in [0.1, 0.15) is 17.2 Å². The fourth-order valence-electron chi connectivity index (χ4n) is 1.57. The second kappa shape index (κ2) is 5.03. The Morgan fingerprint density at radius 1 is 1.41 bits per heavy atom. The number of phenols is 1. The largest absolute Gasteiger partial charge is 0.508 e. The molecule has 0 aliphatic rings. The summed E-state index contributed by atoms with van der Waals surface area (Å²) in [4.78, 5) is 0.0514. The van der Waals surface area contributed by atoms with Gasteiger partial charge >= 0.3 is 0 Å². The predicted octanol–water partition coefficient (Wildman–Crippen LogP) is 0.357. The van der Waals surface area contributed by atoms with Crippen molar-refractivity contribution in [2.45, 2.75) is 17.9 Å². The smallest absolute Gasteiger partial charge is 0.175 e. The summed E-state index contributed by atoms with van der Waals surface area (Å²) in [6.07, 6.45) is 0.102. The van der Waals surface area contributed by atoms with E-state index in [0.29, 0.717) is 5.56 Å². The average molecular weight is 259 g/mol. The van der Waals surface area contributed by atoms with Crippen LogP contribution in [-0.4, -0.2) is 38.5 Å². The molecular weight excluding hydrogens is 242 g/mol. The molecule has 0 amide bonds. The molecule has 0 saturated carbocycles. The number of aryl methyl sites for hydroxylation is 1. The summed E-state index contributed by atoms with van der Waals surface area (Å²) in [7, 11) is -1.78. The second-order valence-electron chi connectivity index (χ2n) is 4.02. The number of sulfone groups is 1. The Morgan fingerprint density at radius 3 is 2.47 bits per heavy atom. The first-order valence-electron chi connectivity index (χ1n) is 5.13. The summed E-state index contributed by atoms with van der Waals surface area (Å²) in [6, 6.07) is 2.67. The molecule has 0 saturated heterocycles. The minimum absolute atomic E-state index is 0.0254. The normalized spacial score (nSPS) is 13.6. The number of hydrogen-bond acceptors (Lipinski definition) is 5. The van der Waals surface area contributed by atoms with Crippen LogP contribution in [-0.2, 0) is 9.84 Å². The van der Waals surface area contributed by atoms with Crippen LogP contribution in [0.25, 0.3) is 0 Å². The molecule has 3 N–H and O–H groups in total. The summed E-state index contributed by atoms with van der Waals surface area (Å²) in [5.74, 6) is -0.0254. The molecule has 1 rings (SSSR count). The number of phenolic OH excluding ortho intramolecular Hbond substituents is 1. The molecule has 17 heavy (non-hydrogen) atoms. The first kappa shape index (κ1) is 14.0. The molecule has 0 aliphatic carbocycles. The van der Waals surface area contributed by atoms with E-state index in [-0.39, 0.29) is 22.8 Å². The fraction of sp³-hybridized carbons (Fsp3) is 0.455. The quantitative estimate of drug-likeness (QED) is 0.726. The highest BCUT2D eigenvalue weighted by Crippen LogP contribution is 2.29. The van der Waals surface area contributed by atoms with Crippen molar-refractivity contribution in [2.75, 3.05) is 19.8 Å². The molecule has 96 valence electrons. The van der Waals surface area contributed by atoms with Gasteiger partial charge in [-0.25, -0.2) is 8.42 Å². The summed E-state index contributed by atoms with van der Waals surface area (Å²) >= 11 is 0. The van der Waals surface area contributed by atoms with Crippen molar-refractivity contribution in [1.29, 1.82) is 0 Å². The molecule has 1 aromatic rings. The Balaban J connectivity index is 3.41. The molecule has 0 fully saturated rings. The Bertz CT molecular complexity index is 510. The summed E-state index contributed by atoms with van der Waals surface area (Å²) in [5.41, 5.74) is 0.677. The lowest BCUT2D eigenvalue weighted by molar-refractivity contribution is 0.174. The second-order valence-corrected chi connectivity index (χ2v) is 6.01. The SMILES string of the molecule is CNCC(O)c1cc(O)c(C)cc1S(C)(=O)=O. The number of aromatic hydroxyl groups is 1. The Hall–Kier alpha value is -1.11. The monoisotopic (exact) mass is 259 g/mol. The van der Waals surface area contributed by atoms with E-state index >= 15 is 0 Å². The van der Waals surface area contributed by atoms with Gasteiger partial charge in [-0.2, -0.15) is 0 Å². The zero-order valence-corrected chi connectivity index (χ0v) is 10.9. The maximum atomic E-state index is 11.6. The van der Waals surface area contributed by atoms with E-state index < -0.39 is 15.9 Å². The molecule has 0 bridgehead atoms. The molecule has 0 aliphatic heterocycles. The first-order valence-corrected chi connectivity index (χ1v) is 7.02. The molecule has 1 atom stereocenters. The first-order chi connectivity index (χ1) is 7.77. The summed E-state index contributed by atoms with van der Waals surface area (Å²) in [5, 5.41) is 22.2. The van der Waals surface area contributed by atoms with E-state index in [2.05, 4.69) is 5.32 Å². The molecule has 0 spiro atoms. The average Bonchev–Trinajstić information content (AvgIpc) is 2.20. The van der Waals surface area contributed by atoms with E-state index in [0.717, 1.165) is 6.26 Å². The zero-order valence-electron chi connectivity index (χ0n) is 10.1. The zero-order chi connectivity index (χ0) is 13.2. The number of nitrogens with one attached hydrogen (secondary N) is 1. The van der Waals surface area contributed by atoms with Crippen molar-refractivity contribution in [2.24, 2.45) is 0 Å². The van der Waals surface area contributed by atoms with Crippen molar-refractivity contribution in [1.82, 2.24) is 5.32 Å². The third-order valence-corrected chi connectivity index (χ3v) is 3.64. The van der Waals surface area contributed by atoms with Gasteiger partial charge in [0.05, 0.1) is 11.0 Å². The molecule has 0 heterocycles. The number of benzene rings is 1. The van der Waals surface area contributed by atoms with Crippen LogP contribution in [0.2, 0.25) is 0 Å². The molecule has 0 radical (unpaired) electrons. The van der Waals surface area contributed by atoms with Crippen LogP contribution < -0.4 is 5.32 Å². The molecular formula is C11H17NO4S. The summed E-state index contributed by atoms with van der Waals surface area (Å²) < 4.78 is 23.2. The lowest BCUT2D eigenvalue weighted by Crippen LogP contribution is -2.19. The lowest BCUT2D eigenvalue weighted by atomic mass is 10.1. The highest BCUT2D eigenvalue weighted by Gasteiger charge is 2.20. The van der Waals surface area contributed by atoms with Crippen LogP contribution in [0, 0.1) is 6.92 Å². The molecule has 5 nitrogen and oxygen atoms in total. The van der Waals surface area contributed by atoms with Crippen LogP contribution in [0.4, 0.5) is 0 Å². The van der Waals surface area contributed by atoms with E-state index in [1.54, 1.807) is 14.0 Å². The molecule has 0 aromatic heterocycles. The lowest BCUT2D eigenvalue weighted by Gasteiger charge is -2.15. The van der Waals surface area contributed by atoms with Crippen LogP contribution in [0.3, 0.4) is 0 Å². The number of rotatable bonds is 4. The van der Waals surface area contributed by atoms with Gasteiger partial charge in [0, 0.05) is 18.4 Å². The highest BCUT2D eigenvalue weighted by atomic mass is 32.2. The van der Waals surface area contributed by atoms with Gasteiger partial charge < -0.3 is 15.5 Å². The van der Waals surface area contributed by atoms with E-state index in [9.17, 15) is 18.6 Å². The van der Waals surface area contributed by atoms with Crippen molar-refractivity contribution >= 4 is 9.84 Å². The van der Waals surface area contributed by atoms with E-state index in [1.807, 2.05) is 0 Å². The van der Waals surface area contributed by atoms with Gasteiger partial charge in [0.15, 0.2) is 9.84 Å². The predicted molar refractivity (Wildman–Crippen MR) is 64.8 cm³/mol. The van der Waals surface area contributed by atoms with Gasteiger partial charge in [0.25, 0.3) is 0 Å². The van der Waals surface area contributed by atoms with Gasteiger partial charge in [0.1, 0.15) is 5.75 Å². The maximum absolute atomic E-state index is 11.6. The van der Waals surface area contributed by atoms with Gasteiger partial charge in [-0.1, -0.05) is 0 Å². The number of aliphatic hydroxyl groups excluding tert-OH is 1. The Labute approximate surface area is 101 Å². The third-order valence-electron chi connectivity index (χ3n) is 2.48. The molecule has 6 heteroatoms. The van der Waals surface area contributed by atoms with Gasteiger partial charge in [-0.05, 0) is 31.7 Å². The van der Waals surface area contributed by atoms with Crippen molar-refractivity contribution < 1.29 is 18.6 Å². The van der Waals surface area contributed by atoms with Crippen molar-refractivity contribution in [3.05, 3.63) is 23.3 Å². The topological polar surface area (TPSA) is 86.6 Å². The van der Waals surface area contributed by atoms with Crippen molar-refractivity contribution in [3.63, 3.8) is 0 Å². The standard InChI is InChI=1S/C11H17NO4S/c1-7-4-11(17(3,15)16)8(5-9(7)13)10(14)6-12-2/h4-5,10,12-14H,6H2,1-3H3. The number of hydrogen-bond donors (Lipinski definition) is 3. The Kier molecular flexibility index (Phi) is 4.13. The number of aliphatic hydroxyl groups is 1. The summed E-state index contributed by atoms with van der Waals surface area (Å²) in [6.45, 7) is 1.82. The fourth-order valence-corrected chi connectivity index (χ4v) is 2.58. The maximum Gasteiger partial charge on any atom is 0.175 e. The van der Waals surface area contributed by atoms with Crippen molar-refractivity contribution in [3.8, 4) is 5.75 Å². The van der Waals surface area contributed by atoms with E-state index in [4.69, 9.17) is 0 Å². The van der Waals surface area contributed by atoms with Crippen LogP contribution >= 0.6 is 0 Å². The van der Waals surface area contributed by atoms with Gasteiger partial charge in [-0.3, -0.25) is 0 Å². The molecule has 1 aromatic carbocycles. The van der Waals surface area contributed by atoms with E-state index in [1.165, 1.54) is 12.1 Å². The van der Waals surface area contributed by atoms with Crippen LogP contribution in [0.5, 0.6) is 5.75 Å². The highest BCUT2D eigenvalue weighted by molar-refractivity contribution is 7.90. The van der Waals surface area contributed by atoms with Gasteiger partial charge in [-0.15, -0.1) is 0 Å². The van der Waals surface area contributed by atoms with Gasteiger partial charge in [0.2, 0.25) is 0 Å². The minimum atomic E-state index is -3.43. The third kappa shape index (κ3) is 3.18. The molecule has 1 unspecified atom stereocenters. The minimum Gasteiger partial charge on any atom is -0.508 e.